The SMILES string of the molecule is CCCCOC(CC)C(O)(OCCCC)OCCCC. The molecule has 0 fully saturated rings. The Morgan fingerprint density at radius 1 is 0.800 bits per heavy atom. The maximum absolute atomic E-state index is 10.7. The highest BCUT2D eigenvalue weighted by atomic mass is 16.8. The van der Waals surface area contributed by atoms with Gasteiger partial charge in [-0.25, -0.2) is 0 Å². The van der Waals surface area contributed by atoms with Gasteiger partial charge in [0.05, 0.1) is 13.2 Å². The number of unbranched alkanes of at least 4 members (excludes halogenated alkanes) is 3. The number of aliphatic hydroxyl groups is 1. The molecule has 4 nitrogen and oxygen atoms in total. The average molecular weight is 290 g/mol. The Morgan fingerprint density at radius 2 is 1.25 bits per heavy atom. The molecule has 0 amide bonds. The van der Waals surface area contributed by atoms with E-state index in [0.717, 1.165) is 38.5 Å². The third-order valence-corrected chi connectivity index (χ3v) is 3.21. The average Bonchev–Trinajstić information content (AvgIpc) is 2.44. The Kier molecular flexibility index (Phi) is 12.5. The lowest BCUT2D eigenvalue weighted by Gasteiger charge is -2.34. The summed E-state index contributed by atoms with van der Waals surface area (Å²) < 4.78 is 17.0. The molecule has 0 saturated heterocycles. The molecular formula is C16H34O4. The molecule has 1 N–H and O–H groups in total. The number of ether oxygens (including phenoxy) is 3. The second-order valence-corrected chi connectivity index (χ2v) is 5.16. The Morgan fingerprint density at radius 3 is 1.65 bits per heavy atom. The Labute approximate surface area is 124 Å². The van der Waals surface area contributed by atoms with Gasteiger partial charge in [-0.2, -0.15) is 0 Å². The van der Waals surface area contributed by atoms with Gasteiger partial charge in [0.15, 0.2) is 0 Å². The molecule has 1 atom stereocenters. The van der Waals surface area contributed by atoms with Gasteiger partial charge in [0.1, 0.15) is 6.10 Å². The molecule has 0 spiro atoms. The van der Waals surface area contributed by atoms with Crippen LogP contribution in [0.25, 0.3) is 0 Å². The van der Waals surface area contributed by atoms with Crippen LogP contribution in [0, 0.1) is 0 Å². The van der Waals surface area contributed by atoms with E-state index in [9.17, 15) is 5.11 Å². The van der Waals surface area contributed by atoms with E-state index in [4.69, 9.17) is 14.2 Å². The number of hydrogen-bond donors (Lipinski definition) is 1. The molecule has 0 rings (SSSR count). The molecule has 0 radical (unpaired) electrons. The summed E-state index contributed by atoms with van der Waals surface area (Å²) in [4.78, 5) is 0. The van der Waals surface area contributed by atoms with E-state index in [1.807, 2.05) is 6.92 Å². The van der Waals surface area contributed by atoms with Crippen molar-refractivity contribution in [1.29, 1.82) is 0 Å². The fourth-order valence-electron chi connectivity index (χ4n) is 1.80. The summed E-state index contributed by atoms with van der Waals surface area (Å²) in [6, 6.07) is 0. The third-order valence-electron chi connectivity index (χ3n) is 3.21. The van der Waals surface area contributed by atoms with Gasteiger partial charge in [0, 0.05) is 6.61 Å². The topological polar surface area (TPSA) is 47.9 Å². The zero-order valence-electron chi connectivity index (χ0n) is 13.8. The second kappa shape index (κ2) is 12.6. The fourth-order valence-corrected chi connectivity index (χ4v) is 1.80. The molecule has 1 unspecified atom stereocenters. The van der Waals surface area contributed by atoms with E-state index in [0.29, 0.717) is 26.2 Å². The normalized spacial score (nSPS) is 13.7. The molecular weight excluding hydrogens is 256 g/mol. The Hall–Kier alpha value is -0.160. The summed E-state index contributed by atoms with van der Waals surface area (Å²) in [5.74, 6) is -1.60. The van der Waals surface area contributed by atoms with Crippen molar-refractivity contribution in [2.24, 2.45) is 0 Å². The van der Waals surface area contributed by atoms with Crippen LogP contribution in [0.5, 0.6) is 0 Å². The molecule has 0 aromatic rings. The molecule has 0 aliphatic carbocycles. The molecule has 0 aliphatic rings. The van der Waals surface area contributed by atoms with E-state index in [1.54, 1.807) is 0 Å². The van der Waals surface area contributed by atoms with Crippen molar-refractivity contribution in [2.75, 3.05) is 19.8 Å². The zero-order valence-corrected chi connectivity index (χ0v) is 13.8. The van der Waals surface area contributed by atoms with Crippen LogP contribution in [-0.2, 0) is 14.2 Å². The van der Waals surface area contributed by atoms with Crippen LogP contribution >= 0.6 is 0 Å². The van der Waals surface area contributed by atoms with Crippen molar-refractivity contribution >= 4 is 0 Å². The molecule has 0 bridgehead atoms. The van der Waals surface area contributed by atoms with Gasteiger partial charge in [-0.1, -0.05) is 47.0 Å². The maximum atomic E-state index is 10.7. The van der Waals surface area contributed by atoms with Crippen LogP contribution in [0.15, 0.2) is 0 Å². The highest BCUT2D eigenvalue weighted by Gasteiger charge is 2.39. The highest BCUT2D eigenvalue weighted by molar-refractivity contribution is 4.69. The quantitative estimate of drug-likeness (QED) is 0.390. The molecule has 20 heavy (non-hydrogen) atoms. The summed E-state index contributed by atoms with van der Waals surface area (Å²) >= 11 is 0. The second-order valence-electron chi connectivity index (χ2n) is 5.16. The molecule has 0 heterocycles. The van der Waals surface area contributed by atoms with E-state index < -0.39 is 12.1 Å². The molecule has 0 aromatic heterocycles. The smallest absolute Gasteiger partial charge is 0.308 e. The first-order valence-electron chi connectivity index (χ1n) is 8.26. The molecule has 4 heteroatoms. The highest BCUT2D eigenvalue weighted by Crippen LogP contribution is 2.22. The largest absolute Gasteiger partial charge is 0.370 e. The fraction of sp³-hybridized carbons (Fsp3) is 1.00. The minimum absolute atomic E-state index is 0.428. The summed E-state index contributed by atoms with van der Waals surface area (Å²) in [6.07, 6.45) is 6.16. The van der Waals surface area contributed by atoms with Crippen molar-refractivity contribution in [3.8, 4) is 0 Å². The minimum Gasteiger partial charge on any atom is -0.370 e. The zero-order chi connectivity index (χ0) is 15.3. The van der Waals surface area contributed by atoms with E-state index in [1.165, 1.54) is 0 Å². The van der Waals surface area contributed by atoms with Crippen LogP contribution in [0.2, 0.25) is 0 Å². The molecule has 122 valence electrons. The van der Waals surface area contributed by atoms with Crippen molar-refractivity contribution in [3.05, 3.63) is 0 Å². The van der Waals surface area contributed by atoms with Crippen molar-refractivity contribution in [1.82, 2.24) is 0 Å². The predicted octanol–water partition coefficient (Wildman–Crippen LogP) is 3.86. The first-order chi connectivity index (χ1) is 9.64. The van der Waals surface area contributed by atoms with Gasteiger partial charge in [-0.3, -0.25) is 0 Å². The van der Waals surface area contributed by atoms with Crippen LogP contribution in [0.1, 0.15) is 72.6 Å². The van der Waals surface area contributed by atoms with Crippen molar-refractivity contribution in [3.63, 3.8) is 0 Å². The lowest BCUT2D eigenvalue weighted by molar-refractivity contribution is -0.401. The van der Waals surface area contributed by atoms with Crippen LogP contribution in [-0.4, -0.2) is 37.0 Å². The van der Waals surface area contributed by atoms with Gasteiger partial charge in [0.25, 0.3) is 0 Å². The van der Waals surface area contributed by atoms with Gasteiger partial charge in [-0.05, 0) is 25.7 Å². The van der Waals surface area contributed by atoms with Crippen molar-refractivity contribution in [2.45, 2.75) is 84.7 Å². The van der Waals surface area contributed by atoms with Gasteiger partial charge < -0.3 is 19.3 Å². The van der Waals surface area contributed by atoms with E-state index in [-0.39, 0.29) is 0 Å². The third kappa shape index (κ3) is 8.20. The van der Waals surface area contributed by atoms with E-state index in [2.05, 4.69) is 20.8 Å². The maximum Gasteiger partial charge on any atom is 0.308 e. The lowest BCUT2D eigenvalue weighted by atomic mass is 10.2. The van der Waals surface area contributed by atoms with Crippen LogP contribution in [0.4, 0.5) is 0 Å². The summed E-state index contributed by atoms with van der Waals surface area (Å²) in [5, 5.41) is 10.7. The van der Waals surface area contributed by atoms with Crippen LogP contribution in [0.3, 0.4) is 0 Å². The monoisotopic (exact) mass is 290 g/mol. The first-order valence-corrected chi connectivity index (χ1v) is 8.26. The van der Waals surface area contributed by atoms with Gasteiger partial charge in [0.2, 0.25) is 0 Å². The number of rotatable bonds is 14. The molecule has 0 aromatic carbocycles. The summed E-state index contributed by atoms with van der Waals surface area (Å²) in [7, 11) is 0. The van der Waals surface area contributed by atoms with Gasteiger partial charge in [-0.15, -0.1) is 0 Å². The Balaban J connectivity index is 4.48. The first kappa shape index (κ1) is 19.8. The van der Waals surface area contributed by atoms with Gasteiger partial charge >= 0.3 is 5.97 Å². The van der Waals surface area contributed by atoms with E-state index >= 15 is 0 Å². The Bertz CT molecular complexity index is 199. The standard InChI is InChI=1S/C16H34O4/c1-5-9-12-18-15(8-4)16(17,19-13-10-6-2)20-14-11-7-3/h15,17H,5-14H2,1-4H3. The minimum atomic E-state index is -1.60. The van der Waals surface area contributed by atoms with Crippen molar-refractivity contribution < 1.29 is 19.3 Å². The molecule has 0 aliphatic heterocycles. The lowest BCUT2D eigenvalue weighted by Crippen LogP contribution is -2.49. The number of hydrogen-bond acceptors (Lipinski definition) is 4. The predicted molar refractivity (Wildman–Crippen MR) is 81.6 cm³/mol. The summed E-state index contributed by atoms with van der Waals surface area (Å²) in [6.45, 7) is 9.90. The summed E-state index contributed by atoms with van der Waals surface area (Å²) in [5.41, 5.74) is 0. The molecule has 0 saturated carbocycles. The van der Waals surface area contributed by atoms with Crippen LogP contribution < -0.4 is 0 Å².